The highest BCUT2D eigenvalue weighted by Gasteiger charge is 2.19. The highest BCUT2D eigenvalue weighted by atomic mass is 32.1. The third-order valence-corrected chi connectivity index (χ3v) is 4.37. The fourth-order valence-corrected chi connectivity index (χ4v) is 3.41. The van der Waals surface area contributed by atoms with E-state index in [4.69, 9.17) is 22.0 Å². The van der Waals surface area contributed by atoms with Gasteiger partial charge < -0.3 is 9.40 Å². The van der Waals surface area contributed by atoms with Crippen LogP contribution in [0.4, 0.5) is 0 Å². The van der Waals surface area contributed by atoms with Gasteiger partial charge in [-0.25, -0.2) is 0 Å². The number of benzene rings is 1. The van der Waals surface area contributed by atoms with E-state index < -0.39 is 0 Å². The van der Waals surface area contributed by atoms with E-state index in [-0.39, 0.29) is 0 Å². The van der Waals surface area contributed by atoms with Crippen LogP contribution in [0.5, 0.6) is 0 Å². The first-order valence-electron chi connectivity index (χ1n) is 7.15. The molecule has 0 atom stereocenters. The van der Waals surface area contributed by atoms with Crippen molar-refractivity contribution in [1.29, 1.82) is 5.41 Å². The third kappa shape index (κ3) is 1.88. The van der Waals surface area contributed by atoms with Crippen molar-refractivity contribution in [2.24, 2.45) is 0 Å². The number of nitrogens with one attached hydrogen (secondary N) is 2. The summed E-state index contributed by atoms with van der Waals surface area (Å²) < 4.78 is 7.48. The Balaban J connectivity index is 2.10. The Labute approximate surface area is 126 Å². The summed E-state index contributed by atoms with van der Waals surface area (Å²) in [5.41, 5.74) is 4.35. The van der Waals surface area contributed by atoms with Gasteiger partial charge in [0.2, 0.25) is 5.71 Å². The molecule has 1 aliphatic carbocycles. The standard InChI is InChI=1S/C16H15N3OS/c17-14-13-11-8-4-5-9-12(11)18-15(13)20-16(21)19(14)10-6-2-1-3-7-10/h1-3,6-7,17-18H,4-5,8-9H2. The van der Waals surface area contributed by atoms with Crippen LogP contribution in [0.2, 0.25) is 0 Å². The SMILES string of the molecule is N=c1c2c3c([nH]c2oc(=S)n1-c1ccccc1)CCCC3. The molecule has 2 heterocycles. The Kier molecular flexibility index (Phi) is 2.82. The number of H-pyrrole nitrogens is 1. The smallest absolute Gasteiger partial charge is 0.276 e. The summed E-state index contributed by atoms with van der Waals surface area (Å²) in [6.07, 6.45) is 4.38. The predicted octanol–water partition coefficient (Wildman–Crippen LogP) is 3.64. The molecule has 1 aromatic carbocycles. The Morgan fingerprint density at radius 2 is 1.90 bits per heavy atom. The second-order valence-electron chi connectivity index (χ2n) is 5.38. The number of hydrogen-bond donors (Lipinski definition) is 2. The summed E-state index contributed by atoms with van der Waals surface area (Å²) in [7, 11) is 0. The summed E-state index contributed by atoms with van der Waals surface area (Å²) in [5.74, 6) is 0. The third-order valence-electron chi connectivity index (χ3n) is 4.11. The number of aryl methyl sites for hydroxylation is 2. The molecule has 0 unspecified atom stereocenters. The van der Waals surface area contributed by atoms with E-state index in [0.29, 0.717) is 16.0 Å². The molecular formula is C16H15N3OS. The summed E-state index contributed by atoms with van der Waals surface area (Å²) >= 11 is 5.35. The van der Waals surface area contributed by atoms with Gasteiger partial charge in [0.15, 0.2) is 0 Å². The number of rotatable bonds is 1. The molecular weight excluding hydrogens is 282 g/mol. The molecule has 2 aromatic heterocycles. The van der Waals surface area contributed by atoms with Gasteiger partial charge in [-0.15, -0.1) is 0 Å². The lowest BCUT2D eigenvalue weighted by Gasteiger charge is -2.11. The maximum Gasteiger partial charge on any atom is 0.276 e. The summed E-state index contributed by atoms with van der Waals surface area (Å²) in [4.78, 5) is 3.61. The molecule has 0 radical (unpaired) electrons. The zero-order chi connectivity index (χ0) is 14.4. The van der Waals surface area contributed by atoms with Crippen molar-refractivity contribution in [1.82, 2.24) is 9.55 Å². The van der Waals surface area contributed by atoms with Crippen LogP contribution in [-0.4, -0.2) is 9.55 Å². The minimum Gasteiger partial charge on any atom is -0.413 e. The van der Waals surface area contributed by atoms with Crippen molar-refractivity contribution in [2.45, 2.75) is 25.7 Å². The molecule has 1 aliphatic rings. The molecule has 0 saturated carbocycles. The number of fused-ring (bicyclic) bond motifs is 3. The average molecular weight is 297 g/mol. The van der Waals surface area contributed by atoms with E-state index in [1.165, 1.54) is 24.1 Å². The Bertz CT molecular complexity index is 934. The molecule has 2 N–H and O–H groups in total. The number of aromatic amines is 1. The van der Waals surface area contributed by atoms with Crippen LogP contribution in [0.1, 0.15) is 24.1 Å². The first-order chi connectivity index (χ1) is 10.3. The molecule has 106 valence electrons. The molecule has 3 aromatic rings. The van der Waals surface area contributed by atoms with Gasteiger partial charge in [0.25, 0.3) is 4.84 Å². The van der Waals surface area contributed by atoms with Crippen LogP contribution in [0.25, 0.3) is 16.8 Å². The van der Waals surface area contributed by atoms with Crippen LogP contribution in [0.3, 0.4) is 0 Å². The van der Waals surface area contributed by atoms with Gasteiger partial charge in [0, 0.05) is 5.69 Å². The molecule has 4 rings (SSSR count). The van der Waals surface area contributed by atoms with Crippen molar-refractivity contribution in [3.63, 3.8) is 0 Å². The zero-order valence-corrected chi connectivity index (χ0v) is 12.3. The van der Waals surface area contributed by atoms with Crippen molar-refractivity contribution < 1.29 is 4.42 Å². The fraction of sp³-hybridized carbons (Fsp3) is 0.250. The summed E-state index contributed by atoms with van der Waals surface area (Å²) in [6, 6.07) is 9.70. The van der Waals surface area contributed by atoms with Crippen molar-refractivity contribution >= 4 is 23.3 Å². The van der Waals surface area contributed by atoms with E-state index in [1.807, 2.05) is 30.3 Å². The Morgan fingerprint density at radius 1 is 1.14 bits per heavy atom. The van der Waals surface area contributed by atoms with E-state index in [2.05, 4.69) is 4.98 Å². The van der Waals surface area contributed by atoms with Gasteiger partial charge in [-0.3, -0.25) is 9.98 Å². The van der Waals surface area contributed by atoms with Crippen LogP contribution < -0.4 is 5.49 Å². The zero-order valence-electron chi connectivity index (χ0n) is 11.5. The predicted molar refractivity (Wildman–Crippen MR) is 83.2 cm³/mol. The lowest BCUT2D eigenvalue weighted by atomic mass is 9.96. The lowest BCUT2D eigenvalue weighted by Crippen LogP contribution is -2.20. The lowest BCUT2D eigenvalue weighted by molar-refractivity contribution is 0.521. The first kappa shape index (κ1) is 12.6. The molecule has 0 amide bonds. The average Bonchev–Trinajstić information content (AvgIpc) is 2.86. The highest BCUT2D eigenvalue weighted by molar-refractivity contribution is 7.71. The molecule has 5 heteroatoms. The van der Waals surface area contributed by atoms with Gasteiger partial charge in [0.1, 0.15) is 5.49 Å². The van der Waals surface area contributed by atoms with Crippen molar-refractivity contribution in [2.75, 3.05) is 0 Å². The summed E-state index contributed by atoms with van der Waals surface area (Å²) in [5, 5.41) is 9.47. The minimum absolute atomic E-state index is 0.303. The molecule has 0 bridgehead atoms. The van der Waals surface area contributed by atoms with Gasteiger partial charge in [0.05, 0.1) is 11.1 Å². The second-order valence-corrected chi connectivity index (χ2v) is 5.73. The first-order valence-corrected chi connectivity index (χ1v) is 7.56. The second kappa shape index (κ2) is 4.70. The molecule has 4 nitrogen and oxygen atoms in total. The molecule has 21 heavy (non-hydrogen) atoms. The van der Waals surface area contributed by atoms with Crippen LogP contribution in [0, 0.1) is 10.2 Å². The van der Waals surface area contributed by atoms with Gasteiger partial charge >= 0.3 is 0 Å². The van der Waals surface area contributed by atoms with E-state index in [1.54, 1.807) is 4.57 Å². The summed E-state index contributed by atoms with van der Waals surface area (Å²) in [6.45, 7) is 0. The van der Waals surface area contributed by atoms with E-state index in [9.17, 15) is 0 Å². The fourth-order valence-electron chi connectivity index (χ4n) is 3.13. The van der Waals surface area contributed by atoms with Gasteiger partial charge in [-0.2, -0.15) is 0 Å². The number of para-hydroxylation sites is 1. The maximum atomic E-state index is 8.59. The monoisotopic (exact) mass is 297 g/mol. The highest BCUT2D eigenvalue weighted by Crippen LogP contribution is 2.27. The van der Waals surface area contributed by atoms with Gasteiger partial charge in [-0.1, -0.05) is 18.2 Å². The maximum absolute atomic E-state index is 8.59. The van der Waals surface area contributed by atoms with Gasteiger partial charge in [-0.05, 0) is 55.6 Å². The number of aromatic nitrogens is 2. The molecule has 0 saturated heterocycles. The normalized spacial score (nSPS) is 14.3. The number of nitrogens with zero attached hydrogens (tertiary/aromatic N) is 1. The molecule has 0 spiro atoms. The van der Waals surface area contributed by atoms with Crippen molar-refractivity contribution in [3.8, 4) is 5.69 Å². The van der Waals surface area contributed by atoms with Crippen LogP contribution in [-0.2, 0) is 12.8 Å². The number of hydrogen-bond acceptors (Lipinski definition) is 3. The van der Waals surface area contributed by atoms with Crippen molar-refractivity contribution in [3.05, 3.63) is 51.9 Å². The Hall–Kier alpha value is -2.14. The molecule has 0 fully saturated rings. The molecule has 0 aliphatic heterocycles. The topological polar surface area (TPSA) is 57.7 Å². The van der Waals surface area contributed by atoms with E-state index in [0.717, 1.165) is 23.9 Å². The van der Waals surface area contributed by atoms with Crippen LogP contribution in [0.15, 0.2) is 34.7 Å². The minimum atomic E-state index is 0.303. The quantitative estimate of drug-likeness (QED) is 0.674. The Morgan fingerprint density at radius 3 is 2.71 bits per heavy atom. The van der Waals surface area contributed by atoms with Crippen LogP contribution >= 0.6 is 12.2 Å². The largest absolute Gasteiger partial charge is 0.413 e. The van der Waals surface area contributed by atoms with E-state index >= 15 is 0 Å².